The van der Waals surface area contributed by atoms with Crippen LogP contribution in [0.3, 0.4) is 0 Å². The topological polar surface area (TPSA) is 66.8 Å². The summed E-state index contributed by atoms with van der Waals surface area (Å²) in [4.78, 5) is 11.6. The van der Waals surface area contributed by atoms with E-state index >= 15 is 0 Å². The second kappa shape index (κ2) is 7.04. The zero-order valence-electron chi connectivity index (χ0n) is 11.9. The first-order valence-corrected chi connectivity index (χ1v) is 7.48. The molecule has 1 aliphatic carbocycles. The van der Waals surface area contributed by atoms with Gasteiger partial charge in [0.2, 0.25) is 0 Å². The van der Waals surface area contributed by atoms with Crippen molar-refractivity contribution in [3.63, 3.8) is 0 Å². The van der Waals surface area contributed by atoms with Crippen molar-refractivity contribution < 1.29 is 19.7 Å². The molecule has 2 rings (SSSR count). The van der Waals surface area contributed by atoms with Crippen LogP contribution in [0.2, 0.25) is 0 Å². The third kappa shape index (κ3) is 4.18. The van der Waals surface area contributed by atoms with Crippen LogP contribution in [0.1, 0.15) is 39.0 Å². The van der Waals surface area contributed by atoms with Crippen LogP contribution in [0.15, 0.2) is 24.3 Å². The highest BCUT2D eigenvalue weighted by atomic mass is 16.5. The number of cyclic esters (lactones) is 1. The Morgan fingerprint density at radius 3 is 2.85 bits per heavy atom. The molecule has 0 bridgehead atoms. The van der Waals surface area contributed by atoms with Crippen LogP contribution >= 0.6 is 0 Å². The van der Waals surface area contributed by atoms with Crippen molar-refractivity contribution >= 4 is 5.97 Å². The first-order chi connectivity index (χ1) is 9.56. The van der Waals surface area contributed by atoms with Gasteiger partial charge >= 0.3 is 5.97 Å². The van der Waals surface area contributed by atoms with Crippen molar-refractivity contribution in [2.75, 3.05) is 0 Å². The van der Waals surface area contributed by atoms with Crippen molar-refractivity contribution in [3.05, 3.63) is 24.3 Å². The van der Waals surface area contributed by atoms with Gasteiger partial charge in [0.25, 0.3) is 0 Å². The number of fused-ring (bicyclic) bond motifs is 1. The Labute approximate surface area is 120 Å². The van der Waals surface area contributed by atoms with Gasteiger partial charge in [-0.05, 0) is 56.9 Å². The Bertz CT molecular complexity index is 388. The molecule has 0 unspecified atom stereocenters. The van der Waals surface area contributed by atoms with Gasteiger partial charge in [-0.25, -0.2) is 4.79 Å². The summed E-state index contributed by atoms with van der Waals surface area (Å²) in [6, 6.07) is 0. The molecule has 5 atom stereocenters. The van der Waals surface area contributed by atoms with Crippen molar-refractivity contribution in [1.82, 2.24) is 0 Å². The van der Waals surface area contributed by atoms with Gasteiger partial charge in [-0.1, -0.05) is 12.2 Å². The Morgan fingerprint density at radius 1 is 1.25 bits per heavy atom. The average molecular weight is 280 g/mol. The highest BCUT2D eigenvalue weighted by Gasteiger charge is 2.35. The zero-order valence-corrected chi connectivity index (χ0v) is 11.9. The molecule has 0 saturated heterocycles. The van der Waals surface area contributed by atoms with Crippen molar-refractivity contribution in [2.45, 2.75) is 57.3 Å². The number of esters is 1. The summed E-state index contributed by atoms with van der Waals surface area (Å²) in [6.07, 6.45) is 9.87. The Morgan fingerprint density at radius 2 is 2.05 bits per heavy atom. The molecule has 1 saturated carbocycles. The van der Waals surface area contributed by atoms with E-state index in [4.69, 9.17) is 4.74 Å². The van der Waals surface area contributed by atoms with E-state index in [-0.39, 0.29) is 24.0 Å². The molecule has 1 heterocycles. The number of aliphatic hydroxyl groups is 2. The van der Waals surface area contributed by atoms with E-state index in [2.05, 4.69) is 12.2 Å². The molecule has 20 heavy (non-hydrogen) atoms. The largest absolute Gasteiger partial charge is 0.460 e. The van der Waals surface area contributed by atoms with E-state index in [1.54, 1.807) is 0 Å². The van der Waals surface area contributed by atoms with Crippen LogP contribution in [-0.2, 0) is 9.53 Å². The first-order valence-electron chi connectivity index (χ1n) is 7.48. The molecular weight excluding hydrogens is 256 g/mol. The van der Waals surface area contributed by atoms with E-state index in [0.717, 1.165) is 19.3 Å². The summed E-state index contributed by atoms with van der Waals surface area (Å²) in [7, 11) is 0. The van der Waals surface area contributed by atoms with Gasteiger partial charge in [-0.3, -0.25) is 0 Å². The van der Waals surface area contributed by atoms with E-state index < -0.39 is 12.1 Å². The predicted molar refractivity (Wildman–Crippen MR) is 75.9 cm³/mol. The lowest BCUT2D eigenvalue weighted by atomic mass is 9.90. The van der Waals surface area contributed by atoms with Crippen molar-refractivity contribution in [3.8, 4) is 0 Å². The molecule has 0 aromatic carbocycles. The monoisotopic (exact) mass is 280 g/mol. The second-order valence-corrected chi connectivity index (χ2v) is 5.91. The zero-order chi connectivity index (χ0) is 14.5. The summed E-state index contributed by atoms with van der Waals surface area (Å²) in [5.74, 6) is -0.249. The SMILES string of the molecule is C[C@H]1CCC/C=C/[C@H]2C[C@H](O)C[C@@H]2[C@H](O)C=CC(=O)O1. The van der Waals surface area contributed by atoms with Gasteiger partial charge in [-0.15, -0.1) is 0 Å². The molecule has 0 amide bonds. The number of hydrogen-bond donors (Lipinski definition) is 2. The Hall–Kier alpha value is -1.13. The second-order valence-electron chi connectivity index (χ2n) is 5.91. The van der Waals surface area contributed by atoms with E-state index in [9.17, 15) is 15.0 Å². The minimum Gasteiger partial charge on any atom is -0.460 e. The fourth-order valence-corrected chi connectivity index (χ4v) is 3.10. The van der Waals surface area contributed by atoms with Crippen LogP contribution in [-0.4, -0.2) is 34.5 Å². The van der Waals surface area contributed by atoms with Gasteiger partial charge in [0.05, 0.1) is 18.3 Å². The molecular formula is C16H24O4. The van der Waals surface area contributed by atoms with Crippen LogP contribution in [0.5, 0.6) is 0 Å². The number of aliphatic hydroxyl groups excluding tert-OH is 2. The van der Waals surface area contributed by atoms with Gasteiger partial charge in [0, 0.05) is 6.08 Å². The quantitative estimate of drug-likeness (QED) is 0.526. The lowest BCUT2D eigenvalue weighted by Gasteiger charge is -2.19. The Kier molecular flexibility index (Phi) is 5.38. The minimum absolute atomic E-state index is 0.0246. The van der Waals surface area contributed by atoms with E-state index in [0.29, 0.717) is 12.8 Å². The maximum atomic E-state index is 11.6. The maximum Gasteiger partial charge on any atom is 0.330 e. The van der Waals surface area contributed by atoms with Crippen LogP contribution in [0.25, 0.3) is 0 Å². The smallest absolute Gasteiger partial charge is 0.330 e. The fourth-order valence-electron chi connectivity index (χ4n) is 3.10. The molecule has 1 fully saturated rings. The van der Waals surface area contributed by atoms with E-state index in [1.165, 1.54) is 12.2 Å². The molecule has 0 spiro atoms. The number of ether oxygens (including phenoxy) is 1. The summed E-state index contributed by atoms with van der Waals surface area (Å²) in [5, 5.41) is 20.0. The summed E-state index contributed by atoms with van der Waals surface area (Å²) < 4.78 is 5.23. The predicted octanol–water partition coefficient (Wildman–Crippen LogP) is 1.96. The molecule has 0 radical (unpaired) electrons. The lowest BCUT2D eigenvalue weighted by Crippen LogP contribution is -2.21. The van der Waals surface area contributed by atoms with Crippen LogP contribution in [0.4, 0.5) is 0 Å². The molecule has 4 heteroatoms. The minimum atomic E-state index is -0.717. The average Bonchev–Trinajstić information content (AvgIpc) is 2.76. The van der Waals surface area contributed by atoms with Crippen LogP contribution < -0.4 is 0 Å². The highest BCUT2D eigenvalue weighted by Crippen LogP contribution is 2.36. The van der Waals surface area contributed by atoms with Gasteiger partial charge in [-0.2, -0.15) is 0 Å². The number of hydrogen-bond acceptors (Lipinski definition) is 4. The lowest BCUT2D eigenvalue weighted by molar-refractivity contribution is -0.142. The van der Waals surface area contributed by atoms with E-state index in [1.807, 2.05) is 6.92 Å². The van der Waals surface area contributed by atoms with Gasteiger partial charge < -0.3 is 14.9 Å². The molecule has 4 nitrogen and oxygen atoms in total. The van der Waals surface area contributed by atoms with Crippen LogP contribution in [0, 0.1) is 11.8 Å². The molecule has 2 N–H and O–H groups in total. The summed E-state index contributed by atoms with van der Waals surface area (Å²) in [6.45, 7) is 1.89. The first kappa shape index (κ1) is 15.3. The maximum absolute atomic E-state index is 11.6. The highest BCUT2D eigenvalue weighted by molar-refractivity contribution is 5.82. The number of rotatable bonds is 0. The number of carbonyl (C=O) groups is 1. The Balaban J connectivity index is 2.11. The molecule has 1 aliphatic heterocycles. The number of allylic oxidation sites excluding steroid dienone is 2. The van der Waals surface area contributed by atoms with Crippen molar-refractivity contribution in [1.29, 1.82) is 0 Å². The number of carbonyl (C=O) groups excluding carboxylic acids is 1. The van der Waals surface area contributed by atoms with Crippen molar-refractivity contribution in [2.24, 2.45) is 11.8 Å². The normalized spacial score (nSPS) is 41.0. The summed E-state index contributed by atoms with van der Waals surface area (Å²) >= 11 is 0. The fraction of sp³-hybridized carbons (Fsp3) is 0.688. The summed E-state index contributed by atoms with van der Waals surface area (Å²) in [5.41, 5.74) is 0. The molecule has 0 aromatic heterocycles. The third-order valence-corrected chi connectivity index (χ3v) is 4.19. The molecule has 112 valence electrons. The van der Waals surface area contributed by atoms with Gasteiger partial charge in [0.1, 0.15) is 0 Å². The standard InChI is InChI=1S/C16H24O4/c1-11-5-3-2-4-6-12-9-13(17)10-14(12)15(18)7-8-16(19)20-11/h4,6-8,11-15,17-18H,2-3,5,9-10H2,1H3/b6-4+,8-7?/t11-,12-,13-,14-,15+/m0/s1. The third-order valence-electron chi connectivity index (χ3n) is 4.19. The molecule has 0 aromatic rings. The molecule has 2 aliphatic rings. The van der Waals surface area contributed by atoms with Gasteiger partial charge in [0.15, 0.2) is 0 Å².